The lowest BCUT2D eigenvalue weighted by Crippen LogP contribution is -2.30. The van der Waals surface area contributed by atoms with Crippen LogP contribution < -0.4 is 4.90 Å². The van der Waals surface area contributed by atoms with Gasteiger partial charge in [0.2, 0.25) is 0 Å². The van der Waals surface area contributed by atoms with Crippen LogP contribution in [0.4, 0.5) is 19.0 Å². The molecule has 2 heterocycles. The number of hydrogen-bond donors (Lipinski definition) is 0. The minimum Gasteiger partial charge on any atom is -0.355 e. The number of halogens is 3. The fraction of sp³-hybridized carbons (Fsp3) is 0.300. The number of anilines is 1. The molecule has 0 spiro atoms. The molecule has 6 heteroatoms. The van der Waals surface area contributed by atoms with Crippen LogP contribution in [0.1, 0.15) is 24.8 Å². The predicted molar refractivity (Wildman–Crippen MR) is 96.0 cm³/mol. The molecule has 2 aromatic carbocycles. The van der Waals surface area contributed by atoms with E-state index < -0.39 is 11.7 Å². The maximum absolute atomic E-state index is 13.3. The normalized spacial score (nSPS) is 15.4. The zero-order valence-corrected chi connectivity index (χ0v) is 14.1. The van der Waals surface area contributed by atoms with Gasteiger partial charge in [0.1, 0.15) is 5.82 Å². The summed E-state index contributed by atoms with van der Waals surface area (Å²) in [6.45, 7) is 1.88. The highest BCUT2D eigenvalue weighted by atomic mass is 19.4. The van der Waals surface area contributed by atoms with Gasteiger partial charge in [0.15, 0.2) is 0 Å². The Morgan fingerprint density at radius 1 is 0.885 bits per heavy atom. The molecule has 0 radical (unpaired) electrons. The fourth-order valence-corrected chi connectivity index (χ4v) is 3.43. The fourth-order valence-electron chi connectivity index (χ4n) is 3.43. The van der Waals surface area contributed by atoms with E-state index in [0.29, 0.717) is 16.6 Å². The summed E-state index contributed by atoms with van der Waals surface area (Å²) in [5.74, 6) is 0.790. The molecule has 3 aromatic rings. The topological polar surface area (TPSA) is 29.0 Å². The van der Waals surface area contributed by atoms with Gasteiger partial charge in [-0.25, -0.2) is 4.98 Å². The third-order valence-electron chi connectivity index (χ3n) is 4.75. The third kappa shape index (κ3) is 3.23. The molecule has 1 saturated heterocycles. The van der Waals surface area contributed by atoms with E-state index >= 15 is 0 Å². The summed E-state index contributed by atoms with van der Waals surface area (Å²) >= 11 is 0. The van der Waals surface area contributed by atoms with Crippen molar-refractivity contribution in [3.05, 3.63) is 54.2 Å². The second kappa shape index (κ2) is 6.59. The number of aromatic nitrogens is 2. The van der Waals surface area contributed by atoms with Crippen molar-refractivity contribution in [3.63, 3.8) is 0 Å². The van der Waals surface area contributed by atoms with E-state index in [9.17, 15) is 13.2 Å². The Morgan fingerprint density at radius 2 is 1.65 bits per heavy atom. The largest absolute Gasteiger partial charge is 0.417 e. The molecular weight excluding hydrogens is 339 g/mol. The number of hydrogen-bond acceptors (Lipinski definition) is 3. The lowest BCUT2D eigenvalue weighted by atomic mass is 9.99. The van der Waals surface area contributed by atoms with E-state index in [2.05, 4.69) is 14.9 Å². The third-order valence-corrected chi connectivity index (χ3v) is 4.75. The summed E-state index contributed by atoms with van der Waals surface area (Å²) < 4.78 is 40.0. The zero-order chi connectivity index (χ0) is 18.1. The monoisotopic (exact) mass is 357 g/mol. The lowest BCUT2D eigenvalue weighted by molar-refractivity contribution is -0.137. The van der Waals surface area contributed by atoms with Gasteiger partial charge in [-0.2, -0.15) is 13.2 Å². The molecule has 0 saturated carbocycles. The van der Waals surface area contributed by atoms with Crippen LogP contribution in [0.5, 0.6) is 0 Å². The second-order valence-corrected chi connectivity index (χ2v) is 6.52. The van der Waals surface area contributed by atoms with Crippen LogP contribution in [0.25, 0.3) is 22.2 Å². The van der Waals surface area contributed by atoms with Crippen molar-refractivity contribution in [3.8, 4) is 11.1 Å². The Bertz CT molecular complexity index is 931. The highest BCUT2D eigenvalue weighted by molar-refractivity contribution is 5.83. The smallest absolute Gasteiger partial charge is 0.355 e. The van der Waals surface area contributed by atoms with Crippen molar-refractivity contribution in [1.29, 1.82) is 0 Å². The Labute approximate surface area is 149 Å². The summed E-state index contributed by atoms with van der Waals surface area (Å²) in [6, 6.07) is 10.7. The van der Waals surface area contributed by atoms with Crippen LogP contribution in [-0.2, 0) is 6.18 Å². The van der Waals surface area contributed by atoms with Crippen molar-refractivity contribution < 1.29 is 13.2 Å². The molecule has 0 N–H and O–H groups in total. The van der Waals surface area contributed by atoms with Gasteiger partial charge in [-0.05, 0) is 48.6 Å². The van der Waals surface area contributed by atoms with Crippen molar-refractivity contribution in [1.82, 2.24) is 9.97 Å². The first kappa shape index (κ1) is 16.8. The van der Waals surface area contributed by atoms with Crippen LogP contribution in [0, 0.1) is 0 Å². The van der Waals surface area contributed by atoms with Crippen LogP contribution in [0.15, 0.2) is 48.7 Å². The average molecular weight is 357 g/mol. The average Bonchev–Trinajstić information content (AvgIpc) is 2.67. The molecule has 1 aliphatic rings. The summed E-state index contributed by atoms with van der Waals surface area (Å²) in [4.78, 5) is 11.3. The summed E-state index contributed by atoms with van der Waals surface area (Å²) in [7, 11) is 0. The maximum atomic E-state index is 13.3. The molecule has 0 atom stereocenters. The molecule has 1 aromatic heterocycles. The first-order valence-corrected chi connectivity index (χ1v) is 8.71. The lowest BCUT2D eigenvalue weighted by Gasteiger charge is -2.27. The van der Waals surface area contributed by atoms with Crippen LogP contribution in [0.3, 0.4) is 0 Å². The molecular formula is C20H18F3N3. The first-order valence-electron chi connectivity index (χ1n) is 8.71. The minimum atomic E-state index is -4.40. The van der Waals surface area contributed by atoms with Crippen molar-refractivity contribution in [2.75, 3.05) is 18.0 Å². The van der Waals surface area contributed by atoms with Gasteiger partial charge in [-0.1, -0.05) is 24.3 Å². The van der Waals surface area contributed by atoms with Gasteiger partial charge in [0.05, 0.1) is 22.8 Å². The van der Waals surface area contributed by atoms with E-state index in [0.717, 1.165) is 37.8 Å². The number of rotatable bonds is 2. The molecule has 0 amide bonds. The van der Waals surface area contributed by atoms with E-state index in [1.165, 1.54) is 18.6 Å². The predicted octanol–water partition coefficient (Wildman–Crippen LogP) is 5.31. The van der Waals surface area contributed by atoms with E-state index in [-0.39, 0.29) is 5.56 Å². The molecule has 0 aliphatic carbocycles. The van der Waals surface area contributed by atoms with Crippen LogP contribution in [-0.4, -0.2) is 23.1 Å². The van der Waals surface area contributed by atoms with Gasteiger partial charge in [-0.15, -0.1) is 0 Å². The van der Waals surface area contributed by atoms with Gasteiger partial charge in [0, 0.05) is 13.1 Å². The minimum absolute atomic E-state index is 0.159. The van der Waals surface area contributed by atoms with Crippen molar-refractivity contribution in [2.45, 2.75) is 25.4 Å². The molecule has 0 bridgehead atoms. The molecule has 0 unspecified atom stereocenters. The highest BCUT2D eigenvalue weighted by Gasteiger charge is 2.33. The Morgan fingerprint density at radius 3 is 2.42 bits per heavy atom. The molecule has 1 fully saturated rings. The molecule has 26 heavy (non-hydrogen) atoms. The number of benzene rings is 2. The van der Waals surface area contributed by atoms with E-state index in [4.69, 9.17) is 0 Å². The van der Waals surface area contributed by atoms with E-state index in [1.54, 1.807) is 30.5 Å². The molecule has 3 nitrogen and oxygen atoms in total. The van der Waals surface area contributed by atoms with Gasteiger partial charge < -0.3 is 4.90 Å². The van der Waals surface area contributed by atoms with E-state index in [1.807, 2.05) is 0 Å². The van der Waals surface area contributed by atoms with Crippen molar-refractivity contribution >= 4 is 16.9 Å². The van der Waals surface area contributed by atoms with Crippen LogP contribution in [0.2, 0.25) is 0 Å². The highest BCUT2D eigenvalue weighted by Crippen LogP contribution is 2.37. The maximum Gasteiger partial charge on any atom is 0.417 e. The van der Waals surface area contributed by atoms with Crippen molar-refractivity contribution in [2.24, 2.45) is 0 Å². The number of piperidine rings is 1. The van der Waals surface area contributed by atoms with Gasteiger partial charge >= 0.3 is 6.18 Å². The Balaban J connectivity index is 1.78. The number of fused-ring (bicyclic) bond motifs is 1. The van der Waals surface area contributed by atoms with Gasteiger partial charge in [0.25, 0.3) is 0 Å². The first-order chi connectivity index (χ1) is 12.5. The standard InChI is InChI=1S/C20H18F3N3/c21-20(22,23)16-7-3-2-6-15(16)14-8-9-17-18(12-14)25-19(13-24-17)26-10-4-1-5-11-26/h2-3,6-9,12-13H,1,4-5,10-11H2. The Kier molecular flexibility index (Phi) is 4.26. The summed E-state index contributed by atoms with van der Waals surface area (Å²) in [6.07, 6.45) is 0.817. The Hall–Kier alpha value is -2.63. The molecule has 1 aliphatic heterocycles. The molecule has 4 rings (SSSR count). The zero-order valence-electron chi connectivity index (χ0n) is 14.1. The SMILES string of the molecule is FC(F)(F)c1ccccc1-c1ccc2ncc(N3CCCCC3)nc2c1. The molecule has 134 valence electrons. The van der Waals surface area contributed by atoms with Gasteiger partial charge in [-0.3, -0.25) is 4.98 Å². The van der Waals surface area contributed by atoms with Crippen LogP contribution >= 0.6 is 0 Å². The number of nitrogens with zero attached hydrogens (tertiary/aromatic N) is 3. The quantitative estimate of drug-likeness (QED) is 0.623. The number of alkyl halides is 3. The summed E-state index contributed by atoms with van der Waals surface area (Å²) in [5, 5.41) is 0. The second-order valence-electron chi connectivity index (χ2n) is 6.52. The summed E-state index contributed by atoms with van der Waals surface area (Å²) in [5.41, 5.74) is 1.31.